The first-order chi connectivity index (χ1) is 9.47. The van der Waals surface area contributed by atoms with Crippen LogP contribution in [0.25, 0.3) is 0 Å². The summed E-state index contributed by atoms with van der Waals surface area (Å²) in [6, 6.07) is 10.6. The minimum absolute atomic E-state index is 0.0710. The van der Waals surface area contributed by atoms with Crippen LogP contribution in [0.4, 0.5) is 0 Å². The molecule has 0 radical (unpaired) electrons. The highest BCUT2D eigenvalue weighted by Crippen LogP contribution is 2.28. The van der Waals surface area contributed by atoms with Gasteiger partial charge >= 0.3 is 0 Å². The van der Waals surface area contributed by atoms with Crippen molar-refractivity contribution in [1.29, 1.82) is 0 Å². The molecule has 0 spiro atoms. The predicted octanol–water partition coefficient (Wildman–Crippen LogP) is 2.81. The molecule has 3 nitrogen and oxygen atoms in total. The maximum absolute atomic E-state index is 11.3. The largest absolute Gasteiger partial charge is 0.351 e. The van der Waals surface area contributed by atoms with E-state index in [1.165, 1.54) is 5.56 Å². The van der Waals surface area contributed by atoms with Crippen LogP contribution in [0.2, 0.25) is 0 Å². The summed E-state index contributed by atoms with van der Waals surface area (Å²) in [6.45, 7) is 9.16. The van der Waals surface area contributed by atoms with E-state index in [-0.39, 0.29) is 11.4 Å². The summed E-state index contributed by atoms with van der Waals surface area (Å²) >= 11 is 0. The van der Waals surface area contributed by atoms with E-state index in [1.807, 2.05) is 0 Å². The number of amides is 1. The van der Waals surface area contributed by atoms with Crippen LogP contribution >= 0.6 is 0 Å². The average Bonchev–Trinajstić information content (AvgIpc) is 2.39. The van der Waals surface area contributed by atoms with Gasteiger partial charge in [-0.3, -0.25) is 9.69 Å². The second-order valence-electron chi connectivity index (χ2n) is 6.44. The Hall–Kier alpha value is -1.35. The molecule has 1 saturated heterocycles. The summed E-state index contributed by atoms with van der Waals surface area (Å²) in [7, 11) is 0. The molecule has 110 valence electrons. The number of nitrogens with one attached hydrogen (secondary N) is 1. The van der Waals surface area contributed by atoms with Crippen molar-refractivity contribution in [2.75, 3.05) is 13.1 Å². The van der Waals surface area contributed by atoms with Crippen LogP contribution in [0.1, 0.15) is 39.2 Å². The van der Waals surface area contributed by atoms with Gasteiger partial charge in [-0.2, -0.15) is 0 Å². The molecule has 3 heteroatoms. The van der Waals surface area contributed by atoms with Crippen LogP contribution in [-0.2, 0) is 11.3 Å². The number of benzene rings is 1. The molecule has 1 amide bonds. The van der Waals surface area contributed by atoms with Crippen molar-refractivity contribution < 1.29 is 4.79 Å². The van der Waals surface area contributed by atoms with Gasteiger partial charge in [0.15, 0.2) is 0 Å². The van der Waals surface area contributed by atoms with Crippen LogP contribution in [-0.4, -0.2) is 29.4 Å². The minimum Gasteiger partial charge on any atom is -0.351 e. The Kier molecular flexibility index (Phi) is 4.81. The standard InChI is InChI=1S/C17H26N2O/c1-14(20)18-17(2,3)16-9-11-19(12-10-16)13-15-7-5-4-6-8-15/h4-8,16H,9-13H2,1-3H3,(H,18,20). The monoisotopic (exact) mass is 274 g/mol. The van der Waals surface area contributed by atoms with E-state index in [1.54, 1.807) is 6.92 Å². The van der Waals surface area contributed by atoms with Crippen LogP contribution < -0.4 is 5.32 Å². The minimum atomic E-state index is -0.0926. The highest BCUT2D eigenvalue weighted by Gasteiger charge is 2.32. The molecule has 1 fully saturated rings. The van der Waals surface area contributed by atoms with Gasteiger partial charge in [-0.15, -0.1) is 0 Å². The lowest BCUT2D eigenvalue weighted by Crippen LogP contribution is -2.51. The van der Waals surface area contributed by atoms with Crippen molar-refractivity contribution in [3.05, 3.63) is 35.9 Å². The number of carbonyl (C=O) groups is 1. The van der Waals surface area contributed by atoms with E-state index in [0.717, 1.165) is 32.5 Å². The Morgan fingerprint density at radius 1 is 1.25 bits per heavy atom. The molecule has 1 N–H and O–H groups in total. The third-order valence-electron chi connectivity index (χ3n) is 4.36. The van der Waals surface area contributed by atoms with Gasteiger partial charge in [-0.05, 0) is 51.3 Å². The third-order valence-corrected chi connectivity index (χ3v) is 4.36. The van der Waals surface area contributed by atoms with Crippen LogP contribution in [0, 0.1) is 5.92 Å². The summed E-state index contributed by atoms with van der Waals surface area (Å²) in [5.41, 5.74) is 1.29. The Morgan fingerprint density at radius 2 is 1.85 bits per heavy atom. The second kappa shape index (κ2) is 6.40. The molecule has 1 aromatic rings. The Labute approximate surface area is 122 Å². The van der Waals surface area contributed by atoms with E-state index in [9.17, 15) is 4.79 Å². The van der Waals surface area contributed by atoms with Crippen molar-refractivity contribution in [2.45, 2.75) is 45.7 Å². The van der Waals surface area contributed by atoms with Gasteiger partial charge in [-0.25, -0.2) is 0 Å². The smallest absolute Gasteiger partial charge is 0.217 e. The molecule has 0 atom stereocenters. The first-order valence-corrected chi connectivity index (χ1v) is 7.52. The normalized spacial score (nSPS) is 17.9. The summed E-state index contributed by atoms with van der Waals surface area (Å²) in [6.07, 6.45) is 2.31. The van der Waals surface area contributed by atoms with Gasteiger partial charge in [0.1, 0.15) is 0 Å². The fourth-order valence-corrected chi connectivity index (χ4v) is 3.21. The SMILES string of the molecule is CC(=O)NC(C)(C)C1CCN(Cc2ccccc2)CC1. The number of nitrogens with zero attached hydrogens (tertiary/aromatic N) is 1. The van der Waals surface area contributed by atoms with Crippen molar-refractivity contribution in [3.63, 3.8) is 0 Å². The number of rotatable bonds is 4. The zero-order chi connectivity index (χ0) is 14.6. The maximum Gasteiger partial charge on any atom is 0.217 e. The van der Waals surface area contributed by atoms with Crippen LogP contribution in [0.15, 0.2) is 30.3 Å². The van der Waals surface area contributed by atoms with Crippen molar-refractivity contribution >= 4 is 5.91 Å². The molecule has 0 aliphatic carbocycles. The van der Waals surface area contributed by atoms with Gasteiger partial charge in [-0.1, -0.05) is 30.3 Å². The van der Waals surface area contributed by atoms with Gasteiger partial charge < -0.3 is 5.32 Å². The lowest BCUT2D eigenvalue weighted by Gasteiger charge is -2.41. The van der Waals surface area contributed by atoms with E-state index >= 15 is 0 Å². The number of piperidine rings is 1. The molecule has 1 heterocycles. The highest BCUT2D eigenvalue weighted by atomic mass is 16.1. The number of likely N-dealkylation sites (tertiary alicyclic amines) is 1. The summed E-state index contributed by atoms with van der Waals surface area (Å²) in [5, 5.41) is 3.10. The van der Waals surface area contributed by atoms with Crippen LogP contribution in [0.5, 0.6) is 0 Å². The lowest BCUT2D eigenvalue weighted by atomic mass is 9.80. The maximum atomic E-state index is 11.3. The zero-order valence-electron chi connectivity index (χ0n) is 12.9. The van der Waals surface area contributed by atoms with Crippen molar-refractivity contribution in [3.8, 4) is 0 Å². The van der Waals surface area contributed by atoms with Gasteiger partial charge in [0, 0.05) is 19.0 Å². The zero-order valence-corrected chi connectivity index (χ0v) is 12.9. The van der Waals surface area contributed by atoms with Gasteiger partial charge in [0.05, 0.1) is 0 Å². The van der Waals surface area contributed by atoms with E-state index in [2.05, 4.69) is 54.4 Å². The lowest BCUT2D eigenvalue weighted by molar-refractivity contribution is -0.121. The average molecular weight is 274 g/mol. The van der Waals surface area contributed by atoms with Crippen molar-refractivity contribution in [2.24, 2.45) is 5.92 Å². The molecule has 1 aliphatic rings. The van der Waals surface area contributed by atoms with Gasteiger partial charge in [0.2, 0.25) is 5.91 Å². The number of hydrogen-bond donors (Lipinski definition) is 1. The fraction of sp³-hybridized carbons (Fsp3) is 0.588. The topological polar surface area (TPSA) is 32.3 Å². The van der Waals surface area contributed by atoms with E-state index in [4.69, 9.17) is 0 Å². The van der Waals surface area contributed by atoms with E-state index in [0.29, 0.717) is 5.92 Å². The molecule has 2 rings (SSSR count). The Bertz CT molecular complexity index is 434. The molecule has 1 aliphatic heterocycles. The summed E-state index contributed by atoms with van der Waals surface area (Å²) < 4.78 is 0. The molecular formula is C17H26N2O. The van der Waals surface area contributed by atoms with Crippen molar-refractivity contribution in [1.82, 2.24) is 10.2 Å². The molecule has 0 aromatic heterocycles. The first-order valence-electron chi connectivity index (χ1n) is 7.52. The Balaban J connectivity index is 1.85. The molecule has 1 aromatic carbocycles. The second-order valence-corrected chi connectivity index (χ2v) is 6.44. The highest BCUT2D eigenvalue weighted by molar-refractivity contribution is 5.73. The molecule has 0 saturated carbocycles. The quantitative estimate of drug-likeness (QED) is 0.915. The predicted molar refractivity (Wildman–Crippen MR) is 82.3 cm³/mol. The number of carbonyl (C=O) groups excluding carboxylic acids is 1. The summed E-state index contributed by atoms with van der Waals surface area (Å²) in [4.78, 5) is 13.8. The van der Waals surface area contributed by atoms with Gasteiger partial charge in [0.25, 0.3) is 0 Å². The third kappa shape index (κ3) is 4.07. The first kappa shape index (κ1) is 15.0. The molecule has 0 unspecified atom stereocenters. The molecule has 0 bridgehead atoms. The van der Waals surface area contributed by atoms with E-state index < -0.39 is 0 Å². The molecule has 20 heavy (non-hydrogen) atoms. The Morgan fingerprint density at radius 3 is 2.40 bits per heavy atom. The molecular weight excluding hydrogens is 248 g/mol. The number of hydrogen-bond acceptors (Lipinski definition) is 2. The van der Waals surface area contributed by atoms with Crippen LogP contribution in [0.3, 0.4) is 0 Å². The summed E-state index contributed by atoms with van der Waals surface area (Å²) in [5.74, 6) is 0.639. The fourth-order valence-electron chi connectivity index (χ4n) is 3.21.